The maximum absolute atomic E-state index is 11.1. The lowest BCUT2D eigenvalue weighted by molar-refractivity contribution is -0.132. The average Bonchev–Trinajstić information content (AvgIpc) is 2.53. The van der Waals surface area contributed by atoms with Crippen molar-refractivity contribution in [3.63, 3.8) is 0 Å². The van der Waals surface area contributed by atoms with E-state index in [0.717, 1.165) is 11.1 Å². The average molecular weight is 330 g/mol. The van der Waals surface area contributed by atoms with Crippen molar-refractivity contribution in [2.24, 2.45) is 0 Å². The van der Waals surface area contributed by atoms with E-state index in [2.05, 4.69) is 0 Å². The number of hydrogen-bond donors (Lipinski definition) is 0. The first kappa shape index (κ1) is 17.3. The fraction of sp³-hybridized carbons (Fsp3) is 0.222. The summed E-state index contributed by atoms with van der Waals surface area (Å²) in [5.41, 5.74) is 1.50. The number of benzene rings is 2. The predicted octanol–water partition coefficient (Wildman–Crippen LogP) is 3.22. The molecule has 2 aromatic carbocycles. The van der Waals surface area contributed by atoms with Gasteiger partial charge in [-0.05, 0) is 24.3 Å². The summed E-state index contributed by atoms with van der Waals surface area (Å²) >= 11 is 0. The van der Waals surface area contributed by atoms with Gasteiger partial charge in [0.25, 0.3) is 0 Å². The summed E-state index contributed by atoms with van der Waals surface area (Å²) in [6.45, 7) is 2.66. The number of methoxy groups -OCH3 is 2. The van der Waals surface area contributed by atoms with E-state index in [0.29, 0.717) is 23.0 Å². The molecule has 2 rings (SSSR count). The van der Waals surface area contributed by atoms with Crippen molar-refractivity contribution in [1.82, 2.24) is 0 Å². The fourth-order valence-corrected chi connectivity index (χ4v) is 2.25. The topological polar surface area (TPSA) is 71.1 Å². The van der Waals surface area contributed by atoms with Gasteiger partial charge in [0.1, 0.15) is 23.0 Å². The van der Waals surface area contributed by atoms with E-state index in [4.69, 9.17) is 18.9 Å². The van der Waals surface area contributed by atoms with Crippen molar-refractivity contribution >= 4 is 11.9 Å². The summed E-state index contributed by atoms with van der Waals surface area (Å²) in [6.07, 6.45) is 0. The van der Waals surface area contributed by atoms with Crippen LogP contribution in [-0.4, -0.2) is 26.2 Å². The molecule has 0 spiro atoms. The molecule has 6 nitrogen and oxygen atoms in total. The molecular formula is C18H18O6. The maximum Gasteiger partial charge on any atom is 0.308 e. The maximum atomic E-state index is 11.1. The molecule has 126 valence electrons. The largest absolute Gasteiger partial charge is 0.496 e. The van der Waals surface area contributed by atoms with Crippen molar-refractivity contribution in [3.05, 3.63) is 36.4 Å². The summed E-state index contributed by atoms with van der Waals surface area (Å²) in [5, 5.41) is 0. The highest BCUT2D eigenvalue weighted by molar-refractivity contribution is 5.79. The highest BCUT2D eigenvalue weighted by Gasteiger charge is 2.14. The van der Waals surface area contributed by atoms with Gasteiger partial charge in [0.2, 0.25) is 0 Å². The molecule has 0 aromatic heterocycles. The highest BCUT2D eigenvalue weighted by atomic mass is 16.5. The van der Waals surface area contributed by atoms with Crippen molar-refractivity contribution in [1.29, 1.82) is 0 Å². The van der Waals surface area contributed by atoms with Crippen LogP contribution in [-0.2, 0) is 9.59 Å². The number of rotatable bonds is 5. The van der Waals surface area contributed by atoms with Crippen LogP contribution in [0.5, 0.6) is 23.0 Å². The van der Waals surface area contributed by atoms with Gasteiger partial charge >= 0.3 is 11.9 Å². The third-order valence-electron chi connectivity index (χ3n) is 3.16. The van der Waals surface area contributed by atoms with Gasteiger partial charge in [-0.25, -0.2) is 0 Å². The Balaban J connectivity index is 2.46. The SMILES string of the molecule is COc1cc(OC(C)=O)ccc1-c1ccc(OC(C)=O)cc1OC. The second-order valence-electron chi connectivity index (χ2n) is 4.91. The van der Waals surface area contributed by atoms with E-state index in [9.17, 15) is 9.59 Å². The number of ether oxygens (including phenoxy) is 4. The summed E-state index contributed by atoms with van der Waals surface area (Å²) in [5.74, 6) is 0.998. The molecule has 0 unspecified atom stereocenters. The van der Waals surface area contributed by atoms with Crippen LogP contribution in [0.25, 0.3) is 11.1 Å². The lowest BCUT2D eigenvalue weighted by atomic mass is 10.0. The Labute approximate surface area is 139 Å². The molecule has 2 aromatic rings. The second kappa shape index (κ2) is 7.50. The molecule has 0 aliphatic carbocycles. The smallest absolute Gasteiger partial charge is 0.308 e. The van der Waals surface area contributed by atoms with E-state index >= 15 is 0 Å². The third kappa shape index (κ3) is 4.04. The molecule has 0 amide bonds. The highest BCUT2D eigenvalue weighted by Crippen LogP contribution is 2.40. The van der Waals surface area contributed by atoms with Crippen LogP contribution in [0.15, 0.2) is 36.4 Å². The minimum atomic E-state index is -0.409. The van der Waals surface area contributed by atoms with E-state index in [1.807, 2.05) is 0 Å². The fourth-order valence-electron chi connectivity index (χ4n) is 2.25. The van der Waals surface area contributed by atoms with Crippen LogP contribution < -0.4 is 18.9 Å². The van der Waals surface area contributed by atoms with Gasteiger partial charge < -0.3 is 18.9 Å². The molecule has 0 saturated heterocycles. The van der Waals surface area contributed by atoms with Gasteiger partial charge in [-0.2, -0.15) is 0 Å². The molecule has 0 aliphatic rings. The van der Waals surface area contributed by atoms with Crippen LogP contribution >= 0.6 is 0 Å². The number of hydrogen-bond acceptors (Lipinski definition) is 6. The predicted molar refractivity (Wildman–Crippen MR) is 87.6 cm³/mol. The molecule has 0 fully saturated rings. The zero-order valence-corrected chi connectivity index (χ0v) is 13.9. The lowest BCUT2D eigenvalue weighted by Crippen LogP contribution is -2.02. The molecule has 0 heterocycles. The second-order valence-corrected chi connectivity index (χ2v) is 4.91. The van der Waals surface area contributed by atoms with Crippen LogP contribution in [0.2, 0.25) is 0 Å². The van der Waals surface area contributed by atoms with Crippen molar-refractivity contribution in [2.75, 3.05) is 14.2 Å². The Bertz CT molecular complexity index is 701. The summed E-state index contributed by atoms with van der Waals surface area (Å²) < 4.78 is 20.9. The number of carbonyl (C=O) groups excluding carboxylic acids is 2. The Morgan fingerprint density at radius 1 is 0.708 bits per heavy atom. The van der Waals surface area contributed by atoms with Gasteiger partial charge in [-0.15, -0.1) is 0 Å². The molecule has 0 bridgehead atoms. The molecule has 6 heteroatoms. The molecule has 0 radical (unpaired) electrons. The molecule has 0 N–H and O–H groups in total. The summed E-state index contributed by atoms with van der Waals surface area (Å²) in [7, 11) is 3.05. The van der Waals surface area contributed by atoms with Gasteiger partial charge in [0.05, 0.1) is 14.2 Å². The summed E-state index contributed by atoms with van der Waals surface area (Å²) in [4.78, 5) is 22.1. The zero-order chi connectivity index (χ0) is 17.7. The molecular weight excluding hydrogens is 312 g/mol. The minimum Gasteiger partial charge on any atom is -0.496 e. The third-order valence-corrected chi connectivity index (χ3v) is 3.16. The van der Waals surface area contributed by atoms with E-state index < -0.39 is 11.9 Å². The van der Waals surface area contributed by atoms with E-state index in [-0.39, 0.29) is 0 Å². The molecule has 0 saturated carbocycles. The van der Waals surface area contributed by atoms with Gasteiger partial charge in [0, 0.05) is 37.1 Å². The van der Waals surface area contributed by atoms with Gasteiger partial charge in [0.15, 0.2) is 0 Å². The van der Waals surface area contributed by atoms with E-state index in [1.54, 1.807) is 36.4 Å². The van der Waals surface area contributed by atoms with Crippen LogP contribution in [0.4, 0.5) is 0 Å². The first-order valence-corrected chi connectivity index (χ1v) is 7.18. The summed E-state index contributed by atoms with van der Waals surface area (Å²) in [6, 6.07) is 10.1. The van der Waals surface area contributed by atoms with Crippen molar-refractivity contribution in [3.8, 4) is 34.1 Å². The molecule has 24 heavy (non-hydrogen) atoms. The Morgan fingerprint density at radius 2 is 1.08 bits per heavy atom. The Morgan fingerprint density at radius 3 is 1.38 bits per heavy atom. The number of carbonyl (C=O) groups is 2. The van der Waals surface area contributed by atoms with E-state index in [1.165, 1.54) is 28.1 Å². The minimum absolute atomic E-state index is 0.388. The monoisotopic (exact) mass is 330 g/mol. The van der Waals surface area contributed by atoms with Crippen molar-refractivity contribution in [2.45, 2.75) is 13.8 Å². The van der Waals surface area contributed by atoms with Crippen LogP contribution in [0.3, 0.4) is 0 Å². The zero-order valence-electron chi connectivity index (χ0n) is 13.9. The Hall–Kier alpha value is -3.02. The Kier molecular flexibility index (Phi) is 5.42. The first-order chi connectivity index (χ1) is 11.4. The van der Waals surface area contributed by atoms with Crippen LogP contribution in [0.1, 0.15) is 13.8 Å². The van der Waals surface area contributed by atoms with Gasteiger partial charge in [-0.3, -0.25) is 9.59 Å². The molecule has 0 aliphatic heterocycles. The van der Waals surface area contributed by atoms with Crippen LogP contribution in [0, 0.1) is 0 Å². The van der Waals surface area contributed by atoms with Gasteiger partial charge in [-0.1, -0.05) is 0 Å². The van der Waals surface area contributed by atoms with Crippen molar-refractivity contribution < 1.29 is 28.5 Å². The quantitative estimate of drug-likeness (QED) is 0.619. The number of esters is 2. The lowest BCUT2D eigenvalue weighted by Gasteiger charge is -2.14. The standard InChI is InChI=1S/C18H18O6/c1-11(19)23-13-5-7-15(17(9-13)21-3)16-8-6-14(24-12(2)20)10-18(16)22-4/h5-10H,1-4H3. The first-order valence-electron chi connectivity index (χ1n) is 7.18. The molecule has 0 atom stereocenters. The normalized spacial score (nSPS) is 10.0.